The lowest BCUT2D eigenvalue weighted by atomic mass is 10.0. The minimum atomic E-state index is -0.955. The van der Waals surface area contributed by atoms with E-state index < -0.39 is 18.2 Å². The van der Waals surface area contributed by atoms with Crippen LogP contribution in [0, 0.1) is 0 Å². The third-order valence-electron chi connectivity index (χ3n) is 8.59. The Balaban J connectivity index is 3.81. The van der Waals surface area contributed by atoms with Crippen LogP contribution in [0.5, 0.6) is 0 Å². The standard InChI is InChI=1S/C41H75NO4/c1-3-5-7-9-11-13-15-17-19-21-23-25-27-29-31-33-35-40(45)39(37-43)42-41(46)36-38(44)34-32-30-28-26-24-22-20-18-16-14-12-10-8-6-4-2/h12,14,18,20,25,27,33,35,38-40,43-45H,3-11,13,15-17,19,21-24,26,28-32,34,36-37H2,1-2H3,(H,42,46)/b14-12-,20-18-,27-25+,35-33+. The van der Waals surface area contributed by atoms with Gasteiger partial charge in [-0.15, -0.1) is 0 Å². The summed E-state index contributed by atoms with van der Waals surface area (Å²) in [6, 6.07) is -0.765. The van der Waals surface area contributed by atoms with Gasteiger partial charge in [-0.2, -0.15) is 0 Å². The number of rotatable bonds is 34. The summed E-state index contributed by atoms with van der Waals surface area (Å²) < 4.78 is 0. The first-order valence-corrected chi connectivity index (χ1v) is 19.4. The highest BCUT2D eigenvalue weighted by Gasteiger charge is 2.20. The van der Waals surface area contributed by atoms with Crippen molar-refractivity contribution >= 4 is 5.91 Å². The zero-order valence-corrected chi connectivity index (χ0v) is 30.2. The average Bonchev–Trinajstić information content (AvgIpc) is 3.05. The Kier molecular flexibility index (Phi) is 34.8. The number of carbonyl (C=O) groups is 1. The van der Waals surface area contributed by atoms with E-state index in [1.807, 2.05) is 6.08 Å². The molecule has 3 unspecified atom stereocenters. The van der Waals surface area contributed by atoms with Crippen molar-refractivity contribution in [3.63, 3.8) is 0 Å². The van der Waals surface area contributed by atoms with E-state index in [4.69, 9.17) is 0 Å². The second-order valence-electron chi connectivity index (χ2n) is 13.2. The van der Waals surface area contributed by atoms with E-state index in [1.54, 1.807) is 6.08 Å². The lowest BCUT2D eigenvalue weighted by molar-refractivity contribution is -0.124. The maximum Gasteiger partial charge on any atom is 0.222 e. The second kappa shape index (κ2) is 36.2. The Morgan fingerprint density at radius 2 is 1.00 bits per heavy atom. The first kappa shape index (κ1) is 44.3. The highest BCUT2D eigenvalue weighted by molar-refractivity contribution is 5.76. The van der Waals surface area contributed by atoms with Crippen LogP contribution in [0.4, 0.5) is 0 Å². The van der Waals surface area contributed by atoms with Crippen LogP contribution >= 0.6 is 0 Å². The maximum atomic E-state index is 12.4. The molecule has 268 valence electrons. The van der Waals surface area contributed by atoms with Gasteiger partial charge in [0.05, 0.1) is 31.3 Å². The van der Waals surface area contributed by atoms with Crippen LogP contribution in [0.25, 0.3) is 0 Å². The summed E-state index contributed by atoms with van der Waals surface area (Å²) in [5.74, 6) is -0.337. The molecule has 0 radical (unpaired) electrons. The Labute approximate surface area is 285 Å². The monoisotopic (exact) mass is 646 g/mol. The molecule has 4 N–H and O–H groups in total. The van der Waals surface area contributed by atoms with E-state index in [0.717, 1.165) is 51.4 Å². The van der Waals surface area contributed by atoms with Crippen LogP contribution in [0.15, 0.2) is 48.6 Å². The van der Waals surface area contributed by atoms with Crippen molar-refractivity contribution in [1.82, 2.24) is 5.32 Å². The fourth-order valence-electron chi connectivity index (χ4n) is 5.56. The number of carbonyl (C=O) groups excluding carboxylic acids is 1. The molecule has 46 heavy (non-hydrogen) atoms. The molecule has 0 heterocycles. The molecule has 1 amide bonds. The summed E-state index contributed by atoms with van der Waals surface area (Å²) in [6.07, 6.45) is 45.2. The van der Waals surface area contributed by atoms with Crippen LogP contribution < -0.4 is 5.32 Å². The Morgan fingerprint density at radius 3 is 1.57 bits per heavy atom. The van der Waals surface area contributed by atoms with Gasteiger partial charge in [0.25, 0.3) is 0 Å². The molecular weight excluding hydrogens is 570 g/mol. The first-order chi connectivity index (χ1) is 22.5. The summed E-state index contributed by atoms with van der Waals surface area (Å²) in [4.78, 5) is 12.4. The predicted molar refractivity (Wildman–Crippen MR) is 199 cm³/mol. The maximum absolute atomic E-state index is 12.4. The highest BCUT2D eigenvalue weighted by atomic mass is 16.3. The zero-order valence-electron chi connectivity index (χ0n) is 30.2. The van der Waals surface area contributed by atoms with Gasteiger partial charge in [-0.3, -0.25) is 4.79 Å². The molecule has 0 aliphatic rings. The summed E-state index contributed by atoms with van der Waals surface area (Å²) in [5, 5.41) is 33.1. The number of unbranched alkanes of at least 4 members (excludes halogenated alkanes) is 19. The van der Waals surface area contributed by atoms with E-state index in [-0.39, 0.29) is 18.9 Å². The third-order valence-corrected chi connectivity index (χ3v) is 8.59. The van der Waals surface area contributed by atoms with Crippen molar-refractivity contribution < 1.29 is 20.1 Å². The lowest BCUT2D eigenvalue weighted by Crippen LogP contribution is -2.45. The minimum absolute atomic E-state index is 0.00534. The van der Waals surface area contributed by atoms with Crippen molar-refractivity contribution in [2.45, 2.75) is 199 Å². The predicted octanol–water partition coefficient (Wildman–Crippen LogP) is 10.6. The number of aliphatic hydroxyl groups excluding tert-OH is 3. The first-order valence-electron chi connectivity index (χ1n) is 19.4. The molecule has 0 rings (SSSR count). The van der Waals surface area contributed by atoms with E-state index in [2.05, 4.69) is 55.6 Å². The van der Waals surface area contributed by atoms with E-state index >= 15 is 0 Å². The molecule has 0 saturated carbocycles. The number of allylic oxidation sites excluding steroid dienone is 7. The fourth-order valence-corrected chi connectivity index (χ4v) is 5.56. The third kappa shape index (κ3) is 32.3. The molecule has 0 spiro atoms. The van der Waals surface area contributed by atoms with E-state index in [1.165, 1.54) is 103 Å². The quantitative estimate of drug-likeness (QED) is 0.0414. The molecule has 0 aromatic rings. The van der Waals surface area contributed by atoms with Crippen LogP contribution in [0.2, 0.25) is 0 Å². The molecule has 0 aromatic carbocycles. The van der Waals surface area contributed by atoms with Gasteiger partial charge in [0, 0.05) is 0 Å². The number of amides is 1. The van der Waals surface area contributed by atoms with Crippen LogP contribution in [0.1, 0.15) is 181 Å². The Hall–Kier alpha value is -1.69. The van der Waals surface area contributed by atoms with Crippen LogP contribution in [-0.2, 0) is 4.79 Å². The second-order valence-corrected chi connectivity index (χ2v) is 13.2. The number of hydrogen-bond donors (Lipinski definition) is 4. The molecule has 5 heteroatoms. The normalized spacial score (nSPS) is 14.3. The Morgan fingerprint density at radius 1 is 0.565 bits per heavy atom. The van der Waals surface area contributed by atoms with Gasteiger partial charge in [-0.05, 0) is 64.2 Å². The average molecular weight is 646 g/mol. The van der Waals surface area contributed by atoms with Gasteiger partial charge in [0.15, 0.2) is 0 Å². The van der Waals surface area contributed by atoms with Gasteiger partial charge in [0.2, 0.25) is 5.91 Å². The Bertz CT molecular complexity index is 760. The molecular formula is C41H75NO4. The number of hydrogen-bond acceptors (Lipinski definition) is 4. The SMILES string of the molecule is CCCCC/C=C\C/C=C\CCCCCCCC(O)CC(=O)NC(CO)C(O)/C=C/CC/C=C/CCCCCCCCCCCC. The largest absolute Gasteiger partial charge is 0.394 e. The van der Waals surface area contributed by atoms with Gasteiger partial charge < -0.3 is 20.6 Å². The topological polar surface area (TPSA) is 89.8 Å². The van der Waals surface area contributed by atoms with Crippen molar-refractivity contribution in [2.24, 2.45) is 0 Å². The van der Waals surface area contributed by atoms with Crippen LogP contribution in [0.3, 0.4) is 0 Å². The van der Waals surface area contributed by atoms with Crippen molar-refractivity contribution in [1.29, 1.82) is 0 Å². The number of nitrogens with one attached hydrogen (secondary N) is 1. The van der Waals surface area contributed by atoms with Crippen LogP contribution in [-0.4, -0.2) is 46.1 Å². The van der Waals surface area contributed by atoms with Crippen molar-refractivity contribution in [2.75, 3.05) is 6.61 Å². The van der Waals surface area contributed by atoms with Crippen molar-refractivity contribution in [3.05, 3.63) is 48.6 Å². The van der Waals surface area contributed by atoms with Gasteiger partial charge in [-0.25, -0.2) is 0 Å². The van der Waals surface area contributed by atoms with Gasteiger partial charge in [-0.1, -0.05) is 159 Å². The fraction of sp³-hybridized carbons (Fsp3) is 0.780. The minimum Gasteiger partial charge on any atom is -0.394 e. The zero-order chi connectivity index (χ0) is 33.8. The summed E-state index contributed by atoms with van der Waals surface area (Å²) in [6.45, 7) is 4.15. The summed E-state index contributed by atoms with van der Waals surface area (Å²) in [7, 11) is 0. The van der Waals surface area contributed by atoms with Crippen molar-refractivity contribution in [3.8, 4) is 0 Å². The molecule has 0 fully saturated rings. The molecule has 5 nitrogen and oxygen atoms in total. The van der Waals surface area contributed by atoms with Gasteiger partial charge in [0.1, 0.15) is 0 Å². The number of aliphatic hydroxyl groups is 3. The summed E-state index contributed by atoms with van der Waals surface area (Å²) >= 11 is 0. The molecule has 0 bridgehead atoms. The molecule has 0 aliphatic carbocycles. The smallest absolute Gasteiger partial charge is 0.222 e. The molecule has 3 atom stereocenters. The lowest BCUT2D eigenvalue weighted by Gasteiger charge is -2.20. The highest BCUT2D eigenvalue weighted by Crippen LogP contribution is 2.13. The molecule has 0 aromatic heterocycles. The van der Waals surface area contributed by atoms with E-state index in [9.17, 15) is 20.1 Å². The molecule has 0 saturated heterocycles. The molecule has 0 aliphatic heterocycles. The van der Waals surface area contributed by atoms with Gasteiger partial charge >= 0.3 is 0 Å². The van der Waals surface area contributed by atoms with E-state index in [0.29, 0.717) is 6.42 Å². The summed E-state index contributed by atoms with van der Waals surface area (Å²) in [5.41, 5.74) is 0.